The molecular weight excluding hydrogens is 302 g/mol. The fraction of sp³-hybridized carbons (Fsp3) is 0.556. The molecule has 2 saturated heterocycles. The first-order valence-corrected chi connectivity index (χ1v) is 8.72. The van der Waals surface area contributed by atoms with Crippen LogP contribution in [0.1, 0.15) is 18.4 Å². The van der Waals surface area contributed by atoms with Gasteiger partial charge >= 0.3 is 0 Å². The third kappa shape index (κ3) is 3.30. The Labute approximate surface area is 143 Å². The molecule has 4 heterocycles. The summed E-state index contributed by atoms with van der Waals surface area (Å²) >= 11 is 0. The van der Waals surface area contributed by atoms with Gasteiger partial charge in [0.15, 0.2) is 0 Å². The summed E-state index contributed by atoms with van der Waals surface area (Å²) in [6, 6.07) is 6.12. The van der Waals surface area contributed by atoms with E-state index < -0.39 is 0 Å². The first-order valence-electron chi connectivity index (χ1n) is 8.72. The molecule has 2 aliphatic rings. The number of nitrogens with zero attached hydrogens (tertiary/aromatic N) is 5. The highest BCUT2D eigenvalue weighted by Gasteiger charge is 2.40. The van der Waals surface area contributed by atoms with E-state index in [0.717, 1.165) is 58.0 Å². The van der Waals surface area contributed by atoms with Gasteiger partial charge in [-0.25, -0.2) is 4.98 Å². The Kier molecular flexibility index (Phi) is 4.24. The molecule has 24 heavy (non-hydrogen) atoms. The Balaban J connectivity index is 1.45. The summed E-state index contributed by atoms with van der Waals surface area (Å²) in [4.78, 5) is 9.39. The third-order valence-electron chi connectivity index (χ3n) is 5.00. The van der Waals surface area contributed by atoms with Gasteiger partial charge in [-0.1, -0.05) is 6.07 Å². The third-order valence-corrected chi connectivity index (χ3v) is 5.00. The van der Waals surface area contributed by atoms with Crippen LogP contribution in [0.3, 0.4) is 0 Å². The molecule has 1 unspecified atom stereocenters. The van der Waals surface area contributed by atoms with Gasteiger partial charge in [0.1, 0.15) is 5.82 Å². The van der Waals surface area contributed by atoms with Gasteiger partial charge in [-0.05, 0) is 25.0 Å². The van der Waals surface area contributed by atoms with Crippen LogP contribution in [0, 0.1) is 0 Å². The van der Waals surface area contributed by atoms with Gasteiger partial charge < -0.3 is 9.64 Å². The van der Waals surface area contributed by atoms with E-state index in [2.05, 4.69) is 38.2 Å². The Bertz CT molecular complexity index is 669. The molecule has 0 N–H and O–H groups in total. The molecule has 2 fully saturated rings. The molecule has 2 aromatic heterocycles. The monoisotopic (exact) mass is 327 g/mol. The number of pyridine rings is 1. The lowest BCUT2D eigenvalue weighted by molar-refractivity contribution is -0.116. The molecule has 2 aliphatic heterocycles. The molecule has 0 aliphatic carbocycles. The highest BCUT2D eigenvalue weighted by atomic mass is 16.5. The van der Waals surface area contributed by atoms with E-state index in [4.69, 9.17) is 4.74 Å². The van der Waals surface area contributed by atoms with E-state index >= 15 is 0 Å². The molecule has 4 rings (SSSR count). The second-order valence-corrected chi connectivity index (χ2v) is 6.98. The molecule has 0 aromatic carbocycles. The van der Waals surface area contributed by atoms with Crippen molar-refractivity contribution in [1.82, 2.24) is 19.7 Å². The Hall–Kier alpha value is -1.92. The number of aromatic nitrogens is 3. The highest BCUT2D eigenvalue weighted by Crippen LogP contribution is 2.31. The van der Waals surface area contributed by atoms with Gasteiger partial charge in [0.05, 0.1) is 18.4 Å². The minimum atomic E-state index is -0.0732. The number of aryl methyl sites for hydroxylation is 1. The van der Waals surface area contributed by atoms with Crippen molar-refractivity contribution in [3.8, 4) is 0 Å². The molecule has 1 spiro atoms. The van der Waals surface area contributed by atoms with Crippen molar-refractivity contribution in [2.45, 2.75) is 25.0 Å². The topological polar surface area (TPSA) is 46.4 Å². The van der Waals surface area contributed by atoms with Gasteiger partial charge in [-0.2, -0.15) is 5.10 Å². The lowest BCUT2D eigenvalue weighted by atomic mass is 9.90. The summed E-state index contributed by atoms with van der Waals surface area (Å²) in [7, 11) is 1.97. The molecule has 1 atom stereocenters. The number of piperidine rings is 1. The van der Waals surface area contributed by atoms with Crippen molar-refractivity contribution in [1.29, 1.82) is 0 Å². The molecule has 6 nitrogen and oxygen atoms in total. The molecule has 0 saturated carbocycles. The first-order chi connectivity index (χ1) is 11.7. The van der Waals surface area contributed by atoms with Gasteiger partial charge in [-0.15, -0.1) is 0 Å². The van der Waals surface area contributed by atoms with Crippen LogP contribution >= 0.6 is 0 Å². The van der Waals surface area contributed by atoms with Crippen molar-refractivity contribution in [2.75, 3.05) is 37.7 Å². The van der Waals surface area contributed by atoms with Crippen LogP contribution < -0.4 is 4.90 Å². The van der Waals surface area contributed by atoms with E-state index in [1.54, 1.807) is 0 Å². The number of morpholine rings is 1. The second kappa shape index (κ2) is 6.53. The van der Waals surface area contributed by atoms with E-state index in [1.807, 2.05) is 30.2 Å². The van der Waals surface area contributed by atoms with Crippen molar-refractivity contribution in [2.24, 2.45) is 7.05 Å². The number of rotatable bonds is 3. The quantitative estimate of drug-likeness (QED) is 0.858. The molecule has 128 valence electrons. The summed E-state index contributed by atoms with van der Waals surface area (Å²) in [5, 5.41) is 4.28. The van der Waals surface area contributed by atoms with Gasteiger partial charge in [0.25, 0.3) is 0 Å². The number of anilines is 1. The van der Waals surface area contributed by atoms with Crippen LogP contribution in [0.5, 0.6) is 0 Å². The lowest BCUT2D eigenvalue weighted by Gasteiger charge is -2.48. The van der Waals surface area contributed by atoms with Crippen molar-refractivity contribution < 1.29 is 4.74 Å². The number of hydrogen-bond acceptors (Lipinski definition) is 5. The predicted molar refractivity (Wildman–Crippen MR) is 92.9 cm³/mol. The minimum Gasteiger partial charge on any atom is -0.370 e. The molecular formula is C18H25N5O. The van der Waals surface area contributed by atoms with E-state index in [0.29, 0.717) is 0 Å². The van der Waals surface area contributed by atoms with Crippen LogP contribution in [-0.2, 0) is 18.3 Å². The predicted octanol–water partition coefficient (Wildman–Crippen LogP) is 1.69. The first kappa shape index (κ1) is 15.6. The largest absolute Gasteiger partial charge is 0.370 e. The van der Waals surface area contributed by atoms with Crippen molar-refractivity contribution in [3.63, 3.8) is 0 Å². The zero-order valence-electron chi connectivity index (χ0n) is 14.3. The summed E-state index contributed by atoms with van der Waals surface area (Å²) in [5.74, 6) is 1.06. The van der Waals surface area contributed by atoms with Gasteiger partial charge in [0, 0.05) is 57.7 Å². The van der Waals surface area contributed by atoms with Crippen LogP contribution in [0.25, 0.3) is 0 Å². The zero-order valence-corrected chi connectivity index (χ0v) is 14.3. The molecule has 0 amide bonds. The van der Waals surface area contributed by atoms with Crippen molar-refractivity contribution >= 4 is 5.82 Å². The lowest BCUT2D eigenvalue weighted by Crippen LogP contribution is -2.59. The maximum absolute atomic E-state index is 6.30. The average Bonchev–Trinajstić information content (AvgIpc) is 3.01. The van der Waals surface area contributed by atoms with Crippen LogP contribution in [0.15, 0.2) is 36.8 Å². The average molecular weight is 327 g/mol. The minimum absolute atomic E-state index is 0.0732. The molecule has 0 bridgehead atoms. The van der Waals surface area contributed by atoms with Gasteiger partial charge in [0.2, 0.25) is 0 Å². The Morgan fingerprint density at radius 3 is 3.00 bits per heavy atom. The van der Waals surface area contributed by atoms with Crippen molar-refractivity contribution in [3.05, 3.63) is 42.4 Å². The summed E-state index contributed by atoms with van der Waals surface area (Å²) in [6.07, 6.45) is 8.20. The van der Waals surface area contributed by atoms with E-state index in [1.165, 1.54) is 5.56 Å². The SMILES string of the molecule is Cn1cc(CN2CCOC3(CCCN(c4ccccn4)C3)C2)cn1. The van der Waals surface area contributed by atoms with E-state index in [9.17, 15) is 0 Å². The van der Waals surface area contributed by atoms with Gasteiger partial charge in [-0.3, -0.25) is 9.58 Å². The molecule has 0 radical (unpaired) electrons. The summed E-state index contributed by atoms with van der Waals surface area (Å²) < 4.78 is 8.17. The molecule has 6 heteroatoms. The normalized spacial score (nSPS) is 25.3. The zero-order chi connectivity index (χ0) is 16.4. The second-order valence-electron chi connectivity index (χ2n) is 6.98. The highest BCUT2D eigenvalue weighted by molar-refractivity contribution is 5.39. The fourth-order valence-corrected chi connectivity index (χ4v) is 3.95. The number of ether oxygens (including phenoxy) is 1. The standard InChI is InChI=1S/C18H25N5O/c1-21-12-16(11-20-21)13-22-9-10-24-18(14-22)6-4-8-23(15-18)17-5-2-3-7-19-17/h2-3,5,7,11-12H,4,6,8-10,13-15H2,1H3. The Morgan fingerprint density at radius 2 is 2.21 bits per heavy atom. The maximum Gasteiger partial charge on any atom is 0.128 e. The smallest absolute Gasteiger partial charge is 0.128 e. The maximum atomic E-state index is 6.30. The summed E-state index contributed by atoms with van der Waals surface area (Å²) in [6.45, 7) is 5.70. The fourth-order valence-electron chi connectivity index (χ4n) is 3.95. The summed E-state index contributed by atoms with van der Waals surface area (Å²) in [5.41, 5.74) is 1.20. The van der Waals surface area contributed by atoms with Crippen LogP contribution in [0.4, 0.5) is 5.82 Å². The van der Waals surface area contributed by atoms with E-state index in [-0.39, 0.29) is 5.60 Å². The molecule has 2 aromatic rings. The van der Waals surface area contributed by atoms with Crippen LogP contribution in [-0.4, -0.2) is 58.1 Å². The Morgan fingerprint density at radius 1 is 1.25 bits per heavy atom. The number of hydrogen-bond donors (Lipinski definition) is 0. The van der Waals surface area contributed by atoms with Crippen LogP contribution in [0.2, 0.25) is 0 Å².